The Morgan fingerprint density at radius 2 is 2.05 bits per heavy atom. The number of ether oxygens (including phenoxy) is 1. The molecule has 114 valence electrons. The van der Waals surface area contributed by atoms with Crippen LogP contribution < -0.4 is 0 Å². The van der Waals surface area contributed by atoms with Gasteiger partial charge in [0.25, 0.3) is 0 Å². The van der Waals surface area contributed by atoms with E-state index in [1.807, 2.05) is 32.0 Å². The Kier molecular flexibility index (Phi) is 4.63. The molecule has 1 aliphatic heterocycles. The van der Waals surface area contributed by atoms with Crippen molar-refractivity contribution in [1.82, 2.24) is 4.90 Å². The van der Waals surface area contributed by atoms with E-state index >= 15 is 0 Å². The summed E-state index contributed by atoms with van der Waals surface area (Å²) < 4.78 is 5.20. The van der Waals surface area contributed by atoms with E-state index in [-0.39, 0.29) is 18.4 Å². The highest BCUT2D eigenvalue weighted by molar-refractivity contribution is 5.85. The molecule has 0 radical (unpaired) electrons. The minimum atomic E-state index is -0.969. The third-order valence-corrected chi connectivity index (χ3v) is 4.13. The summed E-state index contributed by atoms with van der Waals surface area (Å²) in [7, 11) is 1.54. The number of nitrogens with zero attached hydrogens (tertiary/aromatic N) is 1. The van der Waals surface area contributed by atoms with Gasteiger partial charge in [-0.3, -0.25) is 4.79 Å². The third kappa shape index (κ3) is 3.42. The van der Waals surface area contributed by atoms with Crippen molar-refractivity contribution in [2.75, 3.05) is 13.7 Å². The monoisotopic (exact) mass is 291 g/mol. The summed E-state index contributed by atoms with van der Waals surface area (Å²) in [6, 6.07) is 5.09. The minimum absolute atomic E-state index is 0.162. The Labute approximate surface area is 124 Å². The normalized spacial score (nSPS) is 21.6. The largest absolute Gasteiger partial charge is 0.480 e. The van der Waals surface area contributed by atoms with Crippen LogP contribution in [0.3, 0.4) is 0 Å². The van der Waals surface area contributed by atoms with Gasteiger partial charge < -0.3 is 14.7 Å². The summed E-state index contributed by atoms with van der Waals surface area (Å²) in [6.07, 6.45) is 0.376. The Morgan fingerprint density at radius 3 is 2.62 bits per heavy atom. The van der Waals surface area contributed by atoms with E-state index in [0.29, 0.717) is 13.0 Å². The second-order valence-corrected chi connectivity index (χ2v) is 5.59. The van der Waals surface area contributed by atoms with E-state index in [9.17, 15) is 14.7 Å². The molecule has 0 saturated carbocycles. The van der Waals surface area contributed by atoms with Gasteiger partial charge in [0.2, 0.25) is 5.91 Å². The van der Waals surface area contributed by atoms with Crippen LogP contribution in [-0.4, -0.2) is 47.7 Å². The van der Waals surface area contributed by atoms with Gasteiger partial charge in [-0.05, 0) is 30.5 Å². The molecule has 1 N–H and O–H groups in total. The first-order valence-corrected chi connectivity index (χ1v) is 7.03. The molecule has 21 heavy (non-hydrogen) atoms. The van der Waals surface area contributed by atoms with Crippen molar-refractivity contribution in [1.29, 1.82) is 0 Å². The van der Waals surface area contributed by atoms with Gasteiger partial charge >= 0.3 is 5.97 Å². The smallest absolute Gasteiger partial charge is 0.326 e. The second kappa shape index (κ2) is 6.26. The molecule has 5 heteroatoms. The van der Waals surface area contributed by atoms with Gasteiger partial charge in [-0.25, -0.2) is 4.79 Å². The highest BCUT2D eigenvalue weighted by Crippen LogP contribution is 2.22. The van der Waals surface area contributed by atoms with Crippen LogP contribution in [0.15, 0.2) is 18.2 Å². The summed E-state index contributed by atoms with van der Waals surface area (Å²) >= 11 is 0. The second-order valence-electron chi connectivity index (χ2n) is 5.59. The fourth-order valence-corrected chi connectivity index (χ4v) is 2.67. The number of hydrogen-bond acceptors (Lipinski definition) is 3. The van der Waals surface area contributed by atoms with Crippen LogP contribution in [0.4, 0.5) is 0 Å². The fourth-order valence-electron chi connectivity index (χ4n) is 2.67. The van der Waals surface area contributed by atoms with Gasteiger partial charge in [-0.15, -0.1) is 0 Å². The van der Waals surface area contributed by atoms with Gasteiger partial charge in [0.15, 0.2) is 0 Å². The lowest BCUT2D eigenvalue weighted by atomic mass is 10.0. The van der Waals surface area contributed by atoms with Gasteiger partial charge in [-0.2, -0.15) is 0 Å². The molecule has 1 aliphatic rings. The van der Waals surface area contributed by atoms with E-state index in [1.165, 1.54) is 10.5 Å². The van der Waals surface area contributed by atoms with Crippen molar-refractivity contribution in [3.63, 3.8) is 0 Å². The molecule has 1 saturated heterocycles. The van der Waals surface area contributed by atoms with E-state index in [0.717, 1.165) is 11.1 Å². The number of carboxylic acid groups (broad SMARTS) is 1. The van der Waals surface area contributed by atoms with Crippen LogP contribution in [-0.2, 0) is 20.7 Å². The SMILES string of the molecule is COC1CC(C(=O)O)N(C(=O)Cc2ccc(C)c(C)c2)C1. The molecule has 0 aliphatic carbocycles. The standard InChI is InChI=1S/C16H21NO4/c1-10-4-5-12(6-11(10)2)7-15(18)17-9-13(21-3)8-14(17)16(19)20/h4-6,13-14H,7-9H2,1-3H3,(H,19,20). The minimum Gasteiger partial charge on any atom is -0.480 e. The molecule has 1 fully saturated rings. The molecule has 2 unspecified atom stereocenters. The molecule has 1 heterocycles. The van der Waals surface area contributed by atoms with Crippen molar-refractivity contribution in [2.24, 2.45) is 0 Å². The predicted octanol–water partition coefficient (Wildman–Crippen LogP) is 1.55. The molecule has 0 bridgehead atoms. The molecular weight excluding hydrogens is 270 g/mol. The van der Waals surface area contributed by atoms with Crippen LogP contribution in [0.25, 0.3) is 0 Å². The Balaban J connectivity index is 2.11. The quantitative estimate of drug-likeness (QED) is 0.914. The molecule has 2 atom stereocenters. The zero-order valence-corrected chi connectivity index (χ0v) is 12.6. The lowest BCUT2D eigenvalue weighted by Crippen LogP contribution is -2.41. The van der Waals surface area contributed by atoms with Crippen molar-refractivity contribution in [2.45, 2.75) is 38.8 Å². The summed E-state index contributed by atoms with van der Waals surface area (Å²) in [5, 5.41) is 9.24. The van der Waals surface area contributed by atoms with Crippen molar-refractivity contribution in [3.05, 3.63) is 34.9 Å². The number of amides is 1. The molecule has 2 rings (SSSR count). The first-order valence-electron chi connectivity index (χ1n) is 7.03. The lowest BCUT2D eigenvalue weighted by molar-refractivity contribution is -0.148. The van der Waals surface area contributed by atoms with Crippen molar-refractivity contribution >= 4 is 11.9 Å². The van der Waals surface area contributed by atoms with E-state index < -0.39 is 12.0 Å². The number of hydrogen-bond donors (Lipinski definition) is 1. The van der Waals surface area contributed by atoms with Gasteiger partial charge in [0, 0.05) is 20.1 Å². The van der Waals surface area contributed by atoms with E-state index in [2.05, 4.69) is 0 Å². The van der Waals surface area contributed by atoms with Crippen LogP contribution in [0, 0.1) is 13.8 Å². The average Bonchev–Trinajstić information content (AvgIpc) is 2.87. The Morgan fingerprint density at radius 1 is 1.33 bits per heavy atom. The maximum atomic E-state index is 12.4. The molecule has 0 spiro atoms. The summed E-state index contributed by atoms with van der Waals surface area (Å²) in [5.74, 6) is -1.13. The number of benzene rings is 1. The number of carbonyl (C=O) groups excluding carboxylic acids is 1. The lowest BCUT2D eigenvalue weighted by Gasteiger charge is -2.21. The summed E-state index contributed by atoms with van der Waals surface area (Å²) in [6.45, 7) is 4.36. The molecule has 1 amide bonds. The van der Waals surface area contributed by atoms with Crippen LogP contribution in [0.2, 0.25) is 0 Å². The number of carboxylic acids is 1. The number of carbonyl (C=O) groups is 2. The maximum absolute atomic E-state index is 12.4. The first-order chi connectivity index (χ1) is 9.92. The van der Waals surface area contributed by atoms with Crippen molar-refractivity contribution < 1.29 is 19.4 Å². The summed E-state index contributed by atoms with van der Waals surface area (Å²) in [5.41, 5.74) is 3.22. The van der Waals surface area contributed by atoms with Gasteiger partial charge in [-0.1, -0.05) is 18.2 Å². The van der Waals surface area contributed by atoms with Crippen LogP contribution in [0.1, 0.15) is 23.1 Å². The first kappa shape index (κ1) is 15.5. The molecule has 0 aromatic heterocycles. The van der Waals surface area contributed by atoms with Crippen molar-refractivity contribution in [3.8, 4) is 0 Å². The fraction of sp³-hybridized carbons (Fsp3) is 0.500. The van der Waals surface area contributed by atoms with Crippen LogP contribution >= 0.6 is 0 Å². The molecule has 1 aromatic carbocycles. The Hall–Kier alpha value is -1.88. The van der Waals surface area contributed by atoms with Crippen LogP contribution in [0.5, 0.6) is 0 Å². The third-order valence-electron chi connectivity index (χ3n) is 4.13. The Bertz CT molecular complexity index is 555. The molecular formula is C16H21NO4. The number of aliphatic carboxylic acids is 1. The highest BCUT2D eigenvalue weighted by atomic mass is 16.5. The topological polar surface area (TPSA) is 66.8 Å². The maximum Gasteiger partial charge on any atom is 0.326 e. The molecule has 5 nitrogen and oxygen atoms in total. The number of aryl methyl sites for hydroxylation is 2. The predicted molar refractivity (Wildman–Crippen MR) is 78.2 cm³/mol. The average molecular weight is 291 g/mol. The molecule has 1 aromatic rings. The highest BCUT2D eigenvalue weighted by Gasteiger charge is 2.39. The zero-order valence-electron chi connectivity index (χ0n) is 12.6. The number of likely N-dealkylation sites (tertiary alicyclic amines) is 1. The van der Waals surface area contributed by atoms with Gasteiger partial charge in [0.05, 0.1) is 12.5 Å². The zero-order chi connectivity index (χ0) is 15.6. The summed E-state index contributed by atoms with van der Waals surface area (Å²) in [4.78, 5) is 25.1. The van der Waals surface area contributed by atoms with Gasteiger partial charge in [0.1, 0.15) is 6.04 Å². The van der Waals surface area contributed by atoms with E-state index in [4.69, 9.17) is 4.74 Å². The van der Waals surface area contributed by atoms with E-state index in [1.54, 1.807) is 7.11 Å². The number of rotatable bonds is 4. The number of methoxy groups -OCH3 is 1.